The molecule has 0 aromatic heterocycles. The predicted octanol–water partition coefficient (Wildman–Crippen LogP) is 3.64. The van der Waals surface area contributed by atoms with E-state index in [-0.39, 0.29) is 5.91 Å². The molecule has 0 saturated carbocycles. The van der Waals surface area contributed by atoms with Crippen LogP contribution in [0.15, 0.2) is 30.3 Å². The van der Waals surface area contributed by atoms with Crippen LogP contribution in [0.5, 0.6) is 0 Å². The molecule has 0 spiro atoms. The van der Waals surface area contributed by atoms with Gasteiger partial charge in [0.15, 0.2) is 0 Å². The van der Waals surface area contributed by atoms with Crippen molar-refractivity contribution in [3.63, 3.8) is 0 Å². The van der Waals surface area contributed by atoms with Crippen molar-refractivity contribution < 1.29 is 4.79 Å². The maximum absolute atomic E-state index is 11.5. The van der Waals surface area contributed by atoms with Crippen LogP contribution in [-0.2, 0) is 24.1 Å². The van der Waals surface area contributed by atoms with Gasteiger partial charge in [-0.05, 0) is 52.6 Å². The standard InChI is InChI=1S/C19H23NO/c1-3-14-8-9-15-6-5-7-16-10-13(11-17(14)19(15)16)12-20-18(21)4-2/h5-9,13H,3-4,10-12H2,1-2H3,(H,20,21). The van der Waals surface area contributed by atoms with Gasteiger partial charge < -0.3 is 5.32 Å². The fourth-order valence-corrected chi connectivity index (χ4v) is 3.51. The van der Waals surface area contributed by atoms with Gasteiger partial charge in [0.2, 0.25) is 5.91 Å². The van der Waals surface area contributed by atoms with Crippen LogP contribution in [0.1, 0.15) is 37.0 Å². The summed E-state index contributed by atoms with van der Waals surface area (Å²) in [4.78, 5) is 11.5. The summed E-state index contributed by atoms with van der Waals surface area (Å²) in [7, 11) is 0. The average molecular weight is 281 g/mol. The number of amides is 1. The van der Waals surface area contributed by atoms with Crippen molar-refractivity contribution in [3.8, 4) is 0 Å². The van der Waals surface area contributed by atoms with Crippen LogP contribution in [0.3, 0.4) is 0 Å². The lowest BCUT2D eigenvalue weighted by molar-refractivity contribution is -0.120. The first kappa shape index (κ1) is 14.1. The molecule has 1 aliphatic rings. The van der Waals surface area contributed by atoms with Crippen LogP contribution in [0.25, 0.3) is 10.8 Å². The molecule has 2 nitrogen and oxygen atoms in total. The number of aryl methyl sites for hydroxylation is 1. The second-order valence-corrected chi connectivity index (χ2v) is 6.00. The highest BCUT2D eigenvalue weighted by Crippen LogP contribution is 2.34. The van der Waals surface area contributed by atoms with Crippen molar-refractivity contribution >= 4 is 16.7 Å². The highest BCUT2D eigenvalue weighted by atomic mass is 16.1. The second-order valence-electron chi connectivity index (χ2n) is 6.00. The summed E-state index contributed by atoms with van der Waals surface area (Å²) in [6.45, 7) is 4.92. The van der Waals surface area contributed by atoms with Crippen molar-refractivity contribution in [2.24, 2.45) is 5.92 Å². The molecular formula is C19H23NO. The van der Waals surface area contributed by atoms with Crippen LogP contribution < -0.4 is 5.32 Å². The first-order chi connectivity index (χ1) is 10.2. The third kappa shape index (κ3) is 2.67. The Morgan fingerprint density at radius 1 is 1.19 bits per heavy atom. The largest absolute Gasteiger partial charge is 0.356 e. The van der Waals surface area contributed by atoms with E-state index in [1.165, 1.54) is 27.5 Å². The van der Waals surface area contributed by atoms with E-state index < -0.39 is 0 Å². The molecule has 2 heteroatoms. The van der Waals surface area contributed by atoms with Crippen LogP contribution in [0, 0.1) is 5.92 Å². The van der Waals surface area contributed by atoms with Crippen LogP contribution in [0.4, 0.5) is 0 Å². The van der Waals surface area contributed by atoms with E-state index in [2.05, 4.69) is 42.6 Å². The lowest BCUT2D eigenvalue weighted by Crippen LogP contribution is -2.32. The highest BCUT2D eigenvalue weighted by Gasteiger charge is 2.22. The minimum atomic E-state index is 0.155. The minimum Gasteiger partial charge on any atom is -0.356 e. The molecule has 1 amide bonds. The van der Waals surface area contributed by atoms with Gasteiger partial charge in [0.05, 0.1) is 0 Å². The van der Waals surface area contributed by atoms with Gasteiger partial charge in [0.25, 0.3) is 0 Å². The van der Waals surface area contributed by atoms with Crippen LogP contribution >= 0.6 is 0 Å². The lowest BCUT2D eigenvalue weighted by atomic mass is 9.79. The maximum Gasteiger partial charge on any atom is 0.219 e. The van der Waals surface area contributed by atoms with E-state index in [9.17, 15) is 4.79 Å². The van der Waals surface area contributed by atoms with E-state index in [4.69, 9.17) is 0 Å². The Kier molecular flexibility index (Phi) is 3.96. The van der Waals surface area contributed by atoms with E-state index in [1.54, 1.807) is 0 Å². The van der Waals surface area contributed by atoms with Gasteiger partial charge in [0, 0.05) is 13.0 Å². The number of hydrogen-bond acceptors (Lipinski definition) is 1. The van der Waals surface area contributed by atoms with Gasteiger partial charge in [0.1, 0.15) is 0 Å². The first-order valence-electron chi connectivity index (χ1n) is 8.02. The molecule has 0 heterocycles. The molecular weight excluding hydrogens is 258 g/mol. The summed E-state index contributed by atoms with van der Waals surface area (Å²) in [5, 5.41) is 5.89. The van der Waals surface area contributed by atoms with Gasteiger partial charge in [-0.15, -0.1) is 0 Å². The fourth-order valence-electron chi connectivity index (χ4n) is 3.51. The minimum absolute atomic E-state index is 0.155. The molecule has 2 aromatic carbocycles. The smallest absolute Gasteiger partial charge is 0.219 e. The molecule has 110 valence electrons. The van der Waals surface area contributed by atoms with Gasteiger partial charge >= 0.3 is 0 Å². The molecule has 0 aliphatic heterocycles. The van der Waals surface area contributed by atoms with Gasteiger partial charge in [-0.3, -0.25) is 4.79 Å². The van der Waals surface area contributed by atoms with E-state index in [1.807, 2.05) is 6.92 Å². The highest BCUT2D eigenvalue weighted by molar-refractivity contribution is 5.90. The second kappa shape index (κ2) is 5.88. The molecule has 0 fully saturated rings. The summed E-state index contributed by atoms with van der Waals surface area (Å²) in [5.41, 5.74) is 4.41. The Balaban J connectivity index is 1.93. The summed E-state index contributed by atoms with van der Waals surface area (Å²) in [6.07, 6.45) is 3.80. The molecule has 1 atom stereocenters. The molecule has 0 saturated heterocycles. The summed E-state index contributed by atoms with van der Waals surface area (Å²) < 4.78 is 0. The normalized spacial score (nSPS) is 17.0. The summed E-state index contributed by atoms with van der Waals surface area (Å²) in [5.74, 6) is 0.675. The molecule has 1 aliphatic carbocycles. The Morgan fingerprint density at radius 2 is 2.05 bits per heavy atom. The van der Waals surface area contributed by atoms with Crippen LogP contribution in [0.2, 0.25) is 0 Å². The third-order valence-corrected chi connectivity index (χ3v) is 4.63. The molecule has 21 heavy (non-hydrogen) atoms. The Hall–Kier alpha value is -1.83. The molecule has 2 aromatic rings. The number of carbonyl (C=O) groups excluding carboxylic acids is 1. The zero-order valence-corrected chi connectivity index (χ0v) is 12.9. The topological polar surface area (TPSA) is 29.1 Å². The quantitative estimate of drug-likeness (QED) is 0.910. The van der Waals surface area contributed by atoms with Gasteiger partial charge in [-0.1, -0.05) is 44.2 Å². The van der Waals surface area contributed by atoms with E-state index in [0.29, 0.717) is 12.3 Å². The maximum atomic E-state index is 11.5. The zero-order chi connectivity index (χ0) is 14.8. The number of nitrogens with one attached hydrogen (secondary N) is 1. The van der Waals surface area contributed by atoms with E-state index in [0.717, 1.165) is 25.8 Å². The monoisotopic (exact) mass is 281 g/mol. The van der Waals surface area contributed by atoms with E-state index >= 15 is 0 Å². The molecule has 1 unspecified atom stereocenters. The number of benzene rings is 2. The van der Waals surface area contributed by atoms with Gasteiger partial charge in [-0.25, -0.2) is 0 Å². The van der Waals surface area contributed by atoms with Crippen molar-refractivity contribution in [2.75, 3.05) is 6.54 Å². The Labute approximate surface area is 126 Å². The molecule has 3 rings (SSSR count). The van der Waals surface area contributed by atoms with Gasteiger partial charge in [-0.2, -0.15) is 0 Å². The zero-order valence-electron chi connectivity index (χ0n) is 12.9. The van der Waals surface area contributed by atoms with Crippen molar-refractivity contribution in [1.29, 1.82) is 0 Å². The first-order valence-corrected chi connectivity index (χ1v) is 8.02. The van der Waals surface area contributed by atoms with Crippen molar-refractivity contribution in [1.82, 2.24) is 5.32 Å². The van der Waals surface area contributed by atoms with Crippen LogP contribution in [-0.4, -0.2) is 12.5 Å². The molecule has 0 bridgehead atoms. The Morgan fingerprint density at radius 3 is 2.81 bits per heavy atom. The molecule has 1 N–H and O–H groups in total. The summed E-state index contributed by atoms with van der Waals surface area (Å²) in [6, 6.07) is 11.1. The lowest BCUT2D eigenvalue weighted by Gasteiger charge is -2.27. The van der Waals surface area contributed by atoms with Crippen molar-refractivity contribution in [3.05, 3.63) is 47.0 Å². The average Bonchev–Trinajstić information content (AvgIpc) is 2.53. The number of carbonyl (C=O) groups is 1. The Bertz CT molecular complexity index is 675. The third-order valence-electron chi connectivity index (χ3n) is 4.63. The van der Waals surface area contributed by atoms with Crippen molar-refractivity contribution in [2.45, 2.75) is 39.5 Å². The fraction of sp³-hybridized carbons (Fsp3) is 0.421. The SMILES string of the molecule is CCC(=O)NCC1Cc2cccc3ccc(CC)c(c23)C1. The summed E-state index contributed by atoms with van der Waals surface area (Å²) >= 11 is 0. The number of hydrogen-bond donors (Lipinski definition) is 1. The number of rotatable bonds is 4. The molecule has 0 radical (unpaired) electrons. The predicted molar refractivity (Wildman–Crippen MR) is 87.5 cm³/mol.